The molecule has 1 N–H and O–H groups in total. The molecule has 88 valence electrons. The molecule has 0 saturated heterocycles. The predicted octanol–water partition coefficient (Wildman–Crippen LogP) is 2.14. The molecule has 2 rings (SSSR count). The number of nitrogens with zero attached hydrogens (tertiary/aromatic N) is 1. The van der Waals surface area contributed by atoms with Gasteiger partial charge in [-0.25, -0.2) is 0 Å². The van der Waals surface area contributed by atoms with Gasteiger partial charge in [-0.3, -0.25) is 4.79 Å². The van der Waals surface area contributed by atoms with E-state index in [1.165, 1.54) is 12.8 Å². The normalized spacial score (nSPS) is 15.3. The molecule has 1 aromatic rings. The van der Waals surface area contributed by atoms with Crippen LogP contribution in [-0.2, 0) is 6.54 Å². The van der Waals surface area contributed by atoms with Crippen molar-refractivity contribution >= 4 is 15.9 Å². The van der Waals surface area contributed by atoms with E-state index in [0.717, 1.165) is 36.4 Å². The first-order valence-electron chi connectivity index (χ1n) is 5.85. The highest BCUT2D eigenvalue weighted by atomic mass is 79.9. The van der Waals surface area contributed by atoms with E-state index in [-0.39, 0.29) is 5.56 Å². The first-order valence-corrected chi connectivity index (χ1v) is 6.64. The Morgan fingerprint density at radius 3 is 2.94 bits per heavy atom. The molecule has 0 aromatic carbocycles. The van der Waals surface area contributed by atoms with Crippen molar-refractivity contribution in [2.45, 2.75) is 38.3 Å². The maximum Gasteiger partial charge on any atom is 0.250 e. The number of aromatic nitrogens is 1. The van der Waals surface area contributed by atoms with Gasteiger partial charge in [0.2, 0.25) is 0 Å². The highest BCUT2D eigenvalue weighted by molar-refractivity contribution is 9.10. The Labute approximate surface area is 104 Å². The average Bonchev–Trinajstić information content (AvgIpc) is 3.06. The van der Waals surface area contributed by atoms with Crippen LogP contribution in [0.2, 0.25) is 0 Å². The SMILES string of the molecule is O=c1ccc(Br)cn1CCCCNC1CC1. The maximum atomic E-state index is 11.5. The van der Waals surface area contributed by atoms with Crippen molar-refractivity contribution in [2.24, 2.45) is 0 Å². The van der Waals surface area contributed by atoms with E-state index in [9.17, 15) is 4.79 Å². The second kappa shape index (κ2) is 5.64. The molecule has 0 amide bonds. The van der Waals surface area contributed by atoms with Crippen molar-refractivity contribution in [3.63, 3.8) is 0 Å². The number of hydrogen-bond donors (Lipinski definition) is 1. The topological polar surface area (TPSA) is 34.0 Å². The lowest BCUT2D eigenvalue weighted by atomic mass is 10.3. The standard InChI is InChI=1S/C12H17BrN2O/c13-10-3-6-12(16)15(9-10)8-2-1-7-14-11-4-5-11/h3,6,9,11,14H,1-2,4-5,7-8H2. The molecule has 1 aliphatic carbocycles. The third-order valence-electron chi connectivity index (χ3n) is 2.78. The van der Waals surface area contributed by atoms with Gasteiger partial charge in [-0.2, -0.15) is 0 Å². The summed E-state index contributed by atoms with van der Waals surface area (Å²) in [5.41, 5.74) is 0.0818. The van der Waals surface area contributed by atoms with E-state index >= 15 is 0 Å². The number of halogens is 1. The Kier molecular flexibility index (Phi) is 4.18. The van der Waals surface area contributed by atoms with Crippen LogP contribution in [0, 0.1) is 0 Å². The summed E-state index contributed by atoms with van der Waals surface area (Å²) in [6.45, 7) is 1.89. The summed E-state index contributed by atoms with van der Waals surface area (Å²) in [5, 5.41) is 3.47. The molecule has 0 aliphatic heterocycles. The van der Waals surface area contributed by atoms with Crippen LogP contribution in [0.1, 0.15) is 25.7 Å². The molecule has 1 heterocycles. The van der Waals surface area contributed by atoms with E-state index in [0.29, 0.717) is 0 Å². The fourth-order valence-corrected chi connectivity index (χ4v) is 2.06. The first kappa shape index (κ1) is 11.9. The molecule has 0 unspecified atom stereocenters. The van der Waals surface area contributed by atoms with E-state index in [1.807, 2.05) is 6.20 Å². The van der Waals surface area contributed by atoms with Crippen LogP contribution in [0.25, 0.3) is 0 Å². The second-order valence-electron chi connectivity index (χ2n) is 4.31. The quantitative estimate of drug-likeness (QED) is 0.813. The summed E-state index contributed by atoms with van der Waals surface area (Å²) in [5.74, 6) is 0. The van der Waals surface area contributed by atoms with Gasteiger partial charge in [0, 0.05) is 29.3 Å². The molecule has 4 heteroatoms. The molecule has 16 heavy (non-hydrogen) atoms. The van der Waals surface area contributed by atoms with Crippen molar-refractivity contribution < 1.29 is 0 Å². The van der Waals surface area contributed by atoms with Crippen LogP contribution in [0.5, 0.6) is 0 Å². The van der Waals surface area contributed by atoms with Crippen LogP contribution in [0.3, 0.4) is 0 Å². The summed E-state index contributed by atoms with van der Waals surface area (Å²) < 4.78 is 2.73. The lowest BCUT2D eigenvalue weighted by Gasteiger charge is -2.06. The molecule has 1 saturated carbocycles. The van der Waals surface area contributed by atoms with Gasteiger partial charge in [0.1, 0.15) is 0 Å². The van der Waals surface area contributed by atoms with Gasteiger partial charge in [-0.1, -0.05) is 0 Å². The van der Waals surface area contributed by atoms with Crippen molar-refractivity contribution in [2.75, 3.05) is 6.54 Å². The Bertz CT molecular complexity index is 398. The average molecular weight is 285 g/mol. The molecule has 0 bridgehead atoms. The largest absolute Gasteiger partial charge is 0.314 e. The van der Waals surface area contributed by atoms with E-state index in [1.54, 1.807) is 16.7 Å². The molecule has 3 nitrogen and oxygen atoms in total. The number of pyridine rings is 1. The third kappa shape index (κ3) is 3.76. The molecule has 1 fully saturated rings. The Morgan fingerprint density at radius 2 is 2.19 bits per heavy atom. The van der Waals surface area contributed by atoms with Gasteiger partial charge >= 0.3 is 0 Å². The summed E-state index contributed by atoms with van der Waals surface area (Å²) >= 11 is 3.37. The van der Waals surface area contributed by atoms with E-state index < -0.39 is 0 Å². The minimum Gasteiger partial charge on any atom is -0.314 e. The monoisotopic (exact) mass is 284 g/mol. The molecular formula is C12H17BrN2O. The highest BCUT2D eigenvalue weighted by Gasteiger charge is 2.19. The van der Waals surface area contributed by atoms with Crippen LogP contribution in [0.4, 0.5) is 0 Å². The zero-order valence-electron chi connectivity index (χ0n) is 9.29. The van der Waals surface area contributed by atoms with Gasteiger partial charge in [0.25, 0.3) is 5.56 Å². The summed E-state index contributed by atoms with van der Waals surface area (Å²) in [6.07, 6.45) is 6.72. The molecule has 0 atom stereocenters. The molecular weight excluding hydrogens is 268 g/mol. The minimum absolute atomic E-state index is 0.0818. The number of nitrogens with one attached hydrogen (secondary N) is 1. The maximum absolute atomic E-state index is 11.5. The summed E-state index contributed by atoms with van der Waals surface area (Å²) in [4.78, 5) is 11.5. The van der Waals surface area contributed by atoms with Crippen LogP contribution in [0.15, 0.2) is 27.6 Å². The van der Waals surface area contributed by atoms with Gasteiger partial charge in [-0.05, 0) is 54.2 Å². The smallest absolute Gasteiger partial charge is 0.250 e. The number of hydrogen-bond acceptors (Lipinski definition) is 2. The lowest BCUT2D eigenvalue weighted by Crippen LogP contribution is -2.20. The summed E-state index contributed by atoms with van der Waals surface area (Å²) in [7, 11) is 0. The Hall–Kier alpha value is -0.610. The summed E-state index contributed by atoms with van der Waals surface area (Å²) in [6, 6.07) is 4.17. The minimum atomic E-state index is 0.0818. The van der Waals surface area contributed by atoms with Crippen molar-refractivity contribution in [3.8, 4) is 0 Å². The van der Waals surface area contributed by atoms with Gasteiger partial charge in [0.15, 0.2) is 0 Å². The number of rotatable bonds is 6. The zero-order chi connectivity index (χ0) is 11.4. The van der Waals surface area contributed by atoms with Crippen molar-refractivity contribution in [1.82, 2.24) is 9.88 Å². The fourth-order valence-electron chi connectivity index (χ4n) is 1.68. The van der Waals surface area contributed by atoms with Crippen molar-refractivity contribution in [1.29, 1.82) is 0 Å². The first-order chi connectivity index (χ1) is 7.75. The third-order valence-corrected chi connectivity index (χ3v) is 3.25. The van der Waals surface area contributed by atoms with E-state index in [4.69, 9.17) is 0 Å². The number of unbranched alkanes of at least 4 members (excludes halogenated alkanes) is 1. The Balaban J connectivity index is 1.71. The fraction of sp³-hybridized carbons (Fsp3) is 0.583. The van der Waals surface area contributed by atoms with Gasteiger partial charge < -0.3 is 9.88 Å². The molecule has 0 spiro atoms. The van der Waals surface area contributed by atoms with Gasteiger partial charge in [-0.15, -0.1) is 0 Å². The van der Waals surface area contributed by atoms with Crippen LogP contribution < -0.4 is 10.9 Å². The second-order valence-corrected chi connectivity index (χ2v) is 5.23. The van der Waals surface area contributed by atoms with E-state index in [2.05, 4.69) is 21.2 Å². The molecule has 1 aliphatic rings. The van der Waals surface area contributed by atoms with Crippen molar-refractivity contribution in [3.05, 3.63) is 33.2 Å². The van der Waals surface area contributed by atoms with Gasteiger partial charge in [0.05, 0.1) is 0 Å². The molecule has 0 radical (unpaired) electrons. The predicted molar refractivity (Wildman–Crippen MR) is 68.7 cm³/mol. The van der Waals surface area contributed by atoms with Crippen LogP contribution >= 0.6 is 15.9 Å². The zero-order valence-corrected chi connectivity index (χ0v) is 10.9. The molecule has 1 aromatic heterocycles. The van der Waals surface area contributed by atoms with Crippen LogP contribution in [-0.4, -0.2) is 17.2 Å². The number of aryl methyl sites for hydroxylation is 1. The highest BCUT2D eigenvalue weighted by Crippen LogP contribution is 2.18. The lowest BCUT2D eigenvalue weighted by molar-refractivity contribution is 0.557. The Morgan fingerprint density at radius 1 is 1.38 bits per heavy atom.